The van der Waals surface area contributed by atoms with Crippen LogP contribution in [-0.4, -0.2) is 28.4 Å². The number of hydrogen-bond donors (Lipinski definition) is 1. The Morgan fingerprint density at radius 3 is 3.07 bits per heavy atom. The predicted molar refractivity (Wildman–Crippen MR) is 115 cm³/mol. The van der Waals surface area contributed by atoms with Crippen LogP contribution in [-0.2, 0) is 17.6 Å². The van der Waals surface area contributed by atoms with Gasteiger partial charge in [0.2, 0.25) is 12.7 Å². The molecule has 2 aliphatic rings. The fourth-order valence-electron chi connectivity index (χ4n) is 3.82. The Morgan fingerprint density at radius 1 is 1.31 bits per heavy atom. The fourth-order valence-corrected chi connectivity index (χ4v) is 6.21. The second-order valence-corrected chi connectivity index (χ2v) is 9.56. The molecule has 0 radical (unpaired) electrons. The molecule has 0 fully saturated rings. The first-order chi connectivity index (χ1) is 14.1. The maximum absolute atomic E-state index is 12.5. The number of fused-ring (bicyclic) bond motifs is 4. The van der Waals surface area contributed by atoms with Crippen LogP contribution in [0.3, 0.4) is 0 Å². The van der Waals surface area contributed by atoms with Crippen LogP contribution < -0.4 is 14.8 Å². The standard InChI is InChI=1S/C21H21N3O3S2/c1-11-3-5-14-17(7-11)29-21-19(14)20(22-12(2)23-21)28-9-18(25)24-13-4-6-15-16(8-13)27-10-26-15/h4,6,8,11H,3,5,7,9-10H2,1-2H3,(H,24,25)/t11-/m1/s1. The van der Waals surface area contributed by atoms with Crippen LogP contribution in [0.2, 0.25) is 0 Å². The van der Waals surface area contributed by atoms with E-state index >= 15 is 0 Å². The largest absolute Gasteiger partial charge is 0.454 e. The third-order valence-corrected chi connectivity index (χ3v) is 7.35. The van der Waals surface area contributed by atoms with E-state index in [0.29, 0.717) is 28.9 Å². The molecule has 3 heterocycles. The number of thioether (sulfide) groups is 1. The first-order valence-corrected chi connectivity index (χ1v) is 11.5. The topological polar surface area (TPSA) is 73.3 Å². The molecule has 0 saturated heterocycles. The van der Waals surface area contributed by atoms with Gasteiger partial charge in [-0.3, -0.25) is 4.79 Å². The Bertz CT molecular complexity index is 1110. The molecule has 29 heavy (non-hydrogen) atoms. The van der Waals surface area contributed by atoms with E-state index in [-0.39, 0.29) is 12.7 Å². The number of benzene rings is 1. The Labute approximate surface area is 177 Å². The van der Waals surface area contributed by atoms with E-state index in [0.717, 1.165) is 33.9 Å². The van der Waals surface area contributed by atoms with Crippen molar-refractivity contribution in [3.8, 4) is 11.5 Å². The maximum Gasteiger partial charge on any atom is 0.234 e. The predicted octanol–water partition coefficient (Wildman–Crippen LogP) is 4.58. The second-order valence-electron chi connectivity index (χ2n) is 7.51. The Balaban J connectivity index is 1.34. The summed E-state index contributed by atoms with van der Waals surface area (Å²) >= 11 is 3.27. The van der Waals surface area contributed by atoms with Crippen molar-refractivity contribution in [3.63, 3.8) is 0 Å². The number of hydrogen-bond acceptors (Lipinski definition) is 7. The van der Waals surface area contributed by atoms with Crippen LogP contribution in [0.1, 0.15) is 29.6 Å². The summed E-state index contributed by atoms with van der Waals surface area (Å²) in [5.41, 5.74) is 2.09. The molecule has 0 spiro atoms. The SMILES string of the molecule is Cc1nc(SCC(=O)Nc2ccc3c(c2)OCO3)c2c3c(sc2n1)C[C@H](C)CC3. The zero-order chi connectivity index (χ0) is 20.0. The Morgan fingerprint density at radius 2 is 2.17 bits per heavy atom. The van der Waals surface area contributed by atoms with Crippen molar-refractivity contribution in [2.24, 2.45) is 5.92 Å². The van der Waals surface area contributed by atoms with Gasteiger partial charge < -0.3 is 14.8 Å². The lowest BCUT2D eigenvalue weighted by Gasteiger charge is -2.18. The minimum atomic E-state index is -0.0731. The molecule has 8 heteroatoms. The zero-order valence-electron chi connectivity index (χ0n) is 16.3. The minimum absolute atomic E-state index is 0.0731. The van der Waals surface area contributed by atoms with Crippen molar-refractivity contribution >= 4 is 44.9 Å². The highest BCUT2D eigenvalue weighted by molar-refractivity contribution is 8.00. The van der Waals surface area contributed by atoms with Crippen molar-refractivity contribution < 1.29 is 14.3 Å². The summed E-state index contributed by atoms with van der Waals surface area (Å²) in [7, 11) is 0. The zero-order valence-corrected chi connectivity index (χ0v) is 17.9. The Kier molecular flexibility index (Phi) is 4.83. The van der Waals surface area contributed by atoms with E-state index in [2.05, 4.69) is 22.2 Å². The van der Waals surface area contributed by atoms with E-state index in [9.17, 15) is 4.79 Å². The van der Waals surface area contributed by atoms with Crippen LogP contribution in [0, 0.1) is 12.8 Å². The summed E-state index contributed by atoms with van der Waals surface area (Å²) in [4.78, 5) is 24.3. The van der Waals surface area contributed by atoms with Crippen LogP contribution in [0.15, 0.2) is 23.2 Å². The minimum Gasteiger partial charge on any atom is -0.454 e. The van der Waals surface area contributed by atoms with Gasteiger partial charge in [0.05, 0.1) is 5.75 Å². The van der Waals surface area contributed by atoms with Crippen LogP contribution in [0.25, 0.3) is 10.2 Å². The summed E-state index contributed by atoms with van der Waals surface area (Å²) < 4.78 is 10.7. The van der Waals surface area contributed by atoms with Crippen LogP contribution in [0.4, 0.5) is 5.69 Å². The lowest BCUT2D eigenvalue weighted by Crippen LogP contribution is -2.14. The number of aryl methyl sites for hydroxylation is 2. The third-order valence-electron chi connectivity index (χ3n) is 5.23. The van der Waals surface area contributed by atoms with Crippen molar-refractivity contribution in [3.05, 3.63) is 34.5 Å². The fraction of sp³-hybridized carbons (Fsp3) is 0.381. The third kappa shape index (κ3) is 3.67. The van der Waals surface area contributed by atoms with Gasteiger partial charge in [0.15, 0.2) is 11.5 Å². The molecule has 1 aliphatic carbocycles. The molecule has 150 valence electrons. The average molecular weight is 428 g/mol. The van der Waals surface area contributed by atoms with E-state index < -0.39 is 0 Å². The highest BCUT2D eigenvalue weighted by Gasteiger charge is 2.24. The van der Waals surface area contributed by atoms with Gasteiger partial charge in [0.1, 0.15) is 15.7 Å². The summed E-state index contributed by atoms with van der Waals surface area (Å²) in [5.74, 6) is 3.05. The number of nitrogens with one attached hydrogen (secondary N) is 1. The van der Waals surface area contributed by atoms with Gasteiger partial charge in [-0.05, 0) is 49.8 Å². The molecule has 1 N–H and O–H groups in total. The first-order valence-electron chi connectivity index (χ1n) is 9.68. The number of rotatable bonds is 4. The quantitative estimate of drug-likeness (QED) is 0.485. The summed E-state index contributed by atoms with van der Waals surface area (Å²) in [6.07, 6.45) is 3.38. The molecule has 5 rings (SSSR count). The van der Waals surface area contributed by atoms with Gasteiger partial charge in [-0.1, -0.05) is 18.7 Å². The van der Waals surface area contributed by atoms with Crippen molar-refractivity contribution in [2.75, 3.05) is 17.9 Å². The lowest BCUT2D eigenvalue weighted by atomic mass is 9.89. The van der Waals surface area contributed by atoms with Gasteiger partial charge in [0.25, 0.3) is 0 Å². The van der Waals surface area contributed by atoms with Gasteiger partial charge in [0, 0.05) is 22.0 Å². The monoisotopic (exact) mass is 427 g/mol. The van der Waals surface area contributed by atoms with Crippen molar-refractivity contribution in [1.29, 1.82) is 0 Å². The molecule has 1 amide bonds. The molecule has 6 nitrogen and oxygen atoms in total. The van der Waals surface area contributed by atoms with E-state index in [1.807, 2.05) is 13.0 Å². The van der Waals surface area contributed by atoms with E-state index in [4.69, 9.17) is 9.47 Å². The molecule has 3 aromatic rings. The highest BCUT2D eigenvalue weighted by Crippen LogP contribution is 2.41. The maximum atomic E-state index is 12.5. The van der Waals surface area contributed by atoms with Gasteiger partial charge in [-0.25, -0.2) is 9.97 Å². The lowest BCUT2D eigenvalue weighted by molar-refractivity contribution is -0.113. The second kappa shape index (κ2) is 7.50. The van der Waals surface area contributed by atoms with Gasteiger partial charge in [-0.15, -0.1) is 11.3 Å². The molecule has 0 saturated carbocycles. The molecule has 0 unspecified atom stereocenters. The van der Waals surface area contributed by atoms with Crippen molar-refractivity contribution in [2.45, 2.75) is 38.1 Å². The summed E-state index contributed by atoms with van der Waals surface area (Å²) in [6, 6.07) is 5.41. The van der Waals surface area contributed by atoms with E-state index in [1.165, 1.54) is 28.6 Å². The number of anilines is 1. The molecular formula is C21H21N3O3S2. The highest BCUT2D eigenvalue weighted by atomic mass is 32.2. The van der Waals surface area contributed by atoms with Crippen LogP contribution >= 0.6 is 23.1 Å². The molecule has 1 atom stereocenters. The first kappa shape index (κ1) is 18.7. The van der Waals surface area contributed by atoms with E-state index in [1.54, 1.807) is 23.5 Å². The molecule has 1 aromatic carbocycles. The van der Waals surface area contributed by atoms with Gasteiger partial charge in [-0.2, -0.15) is 0 Å². The number of aromatic nitrogens is 2. The summed E-state index contributed by atoms with van der Waals surface area (Å²) in [6.45, 7) is 4.44. The number of thiophene rings is 1. The normalized spacial score (nSPS) is 17.4. The average Bonchev–Trinajstić information content (AvgIpc) is 3.29. The number of amides is 1. The molecular weight excluding hydrogens is 406 g/mol. The number of nitrogens with zero attached hydrogens (tertiary/aromatic N) is 2. The number of carbonyl (C=O) groups is 1. The molecule has 0 bridgehead atoms. The van der Waals surface area contributed by atoms with Gasteiger partial charge >= 0.3 is 0 Å². The smallest absolute Gasteiger partial charge is 0.234 e. The van der Waals surface area contributed by atoms with Crippen molar-refractivity contribution in [1.82, 2.24) is 9.97 Å². The molecule has 1 aliphatic heterocycles. The summed E-state index contributed by atoms with van der Waals surface area (Å²) in [5, 5.41) is 5.00. The number of ether oxygens (including phenoxy) is 2. The Hall–Kier alpha value is -2.32. The van der Waals surface area contributed by atoms with Crippen LogP contribution in [0.5, 0.6) is 11.5 Å². The molecule has 2 aromatic heterocycles. The number of carbonyl (C=O) groups excluding carboxylic acids is 1.